The number of aliphatic hydroxyl groups excluding tert-OH is 1. The normalized spacial score (nSPS) is 28.1. The van der Waals surface area contributed by atoms with Gasteiger partial charge in [-0.2, -0.15) is 0 Å². The van der Waals surface area contributed by atoms with Gasteiger partial charge in [0.1, 0.15) is 11.5 Å². The number of rotatable bonds is 2. The monoisotopic (exact) mass is 250 g/mol. The van der Waals surface area contributed by atoms with Crippen molar-refractivity contribution in [1.82, 2.24) is 0 Å². The third kappa shape index (κ3) is 1.99. The predicted molar refractivity (Wildman–Crippen MR) is 68.4 cm³/mol. The molecular formula is C15H22O3. The molecule has 1 aliphatic heterocycles. The van der Waals surface area contributed by atoms with Crippen LogP contribution in [0.3, 0.4) is 0 Å². The smallest absolute Gasteiger partial charge is 0.106 e. The van der Waals surface area contributed by atoms with Gasteiger partial charge < -0.3 is 14.3 Å². The Kier molecular flexibility index (Phi) is 2.99. The molecule has 0 amide bonds. The van der Waals surface area contributed by atoms with Gasteiger partial charge in [-0.15, -0.1) is 0 Å². The Balaban J connectivity index is 1.75. The Morgan fingerprint density at radius 3 is 2.72 bits per heavy atom. The van der Waals surface area contributed by atoms with Gasteiger partial charge in [0.05, 0.1) is 11.7 Å². The summed E-state index contributed by atoms with van der Waals surface area (Å²) in [4.78, 5) is 0. The van der Waals surface area contributed by atoms with Crippen molar-refractivity contribution >= 4 is 0 Å². The Morgan fingerprint density at radius 1 is 1.39 bits per heavy atom. The zero-order chi connectivity index (χ0) is 12.8. The highest BCUT2D eigenvalue weighted by Crippen LogP contribution is 2.47. The summed E-state index contributed by atoms with van der Waals surface area (Å²) in [5.41, 5.74) is 1.06. The van der Waals surface area contributed by atoms with Crippen molar-refractivity contribution in [2.24, 2.45) is 5.92 Å². The third-order valence-electron chi connectivity index (χ3n) is 4.64. The first kappa shape index (κ1) is 12.2. The van der Waals surface area contributed by atoms with Gasteiger partial charge in [-0.05, 0) is 57.9 Å². The first-order chi connectivity index (χ1) is 8.60. The summed E-state index contributed by atoms with van der Waals surface area (Å²) in [5.74, 6) is 2.05. The molecule has 1 aliphatic carbocycles. The fourth-order valence-corrected chi connectivity index (χ4v) is 3.45. The Hall–Kier alpha value is -0.800. The third-order valence-corrected chi connectivity index (χ3v) is 4.64. The maximum Gasteiger partial charge on any atom is 0.106 e. The van der Waals surface area contributed by atoms with E-state index < -0.39 is 6.10 Å². The molecule has 1 spiro atoms. The SMILES string of the molecule is Cc1cc(C(O)C2CCOC3(CCC3)C2)c(C)o1. The first-order valence-corrected chi connectivity index (χ1v) is 6.99. The van der Waals surface area contributed by atoms with Crippen molar-refractivity contribution in [1.29, 1.82) is 0 Å². The minimum absolute atomic E-state index is 0.0938. The molecule has 1 aromatic heterocycles. The summed E-state index contributed by atoms with van der Waals surface area (Å²) in [5, 5.41) is 10.6. The highest BCUT2D eigenvalue weighted by atomic mass is 16.5. The molecular weight excluding hydrogens is 228 g/mol. The second-order valence-electron chi connectivity index (χ2n) is 5.95. The number of hydrogen-bond donors (Lipinski definition) is 1. The number of furan rings is 1. The maximum absolute atomic E-state index is 10.6. The minimum atomic E-state index is -0.399. The van der Waals surface area contributed by atoms with Crippen LogP contribution in [0.25, 0.3) is 0 Å². The lowest BCUT2D eigenvalue weighted by Crippen LogP contribution is -2.46. The van der Waals surface area contributed by atoms with Gasteiger partial charge in [0, 0.05) is 12.2 Å². The lowest BCUT2D eigenvalue weighted by atomic mass is 9.70. The first-order valence-electron chi connectivity index (χ1n) is 6.99. The van der Waals surface area contributed by atoms with Gasteiger partial charge in [-0.25, -0.2) is 0 Å². The molecule has 2 heterocycles. The molecule has 1 N–H and O–H groups in total. The standard InChI is InChI=1S/C15H22O3/c1-10-8-13(11(2)18-10)14(16)12-4-7-17-15(9-12)5-3-6-15/h8,12,14,16H,3-7,9H2,1-2H3. The van der Waals surface area contributed by atoms with Crippen molar-refractivity contribution < 1.29 is 14.3 Å². The zero-order valence-corrected chi connectivity index (χ0v) is 11.2. The van der Waals surface area contributed by atoms with Crippen molar-refractivity contribution in [3.05, 3.63) is 23.2 Å². The van der Waals surface area contributed by atoms with Crippen LogP contribution in [0, 0.1) is 19.8 Å². The quantitative estimate of drug-likeness (QED) is 0.876. The van der Waals surface area contributed by atoms with E-state index in [1.165, 1.54) is 19.3 Å². The molecule has 1 saturated carbocycles. The molecule has 2 fully saturated rings. The summed E-state index contributed by atoms with van der Waals surface area (Å²) in [6.07, 6.45) is 5.15. The van der Waals surface area contributed by atoms with E-state index in [4.69, 9.17) is 9.15 Å². The highest BCUT2D eigenvalue weighted by molar-refractivity contribution is 5.23. The second-order valence-corrected chi connectivity index (χ2v) is 5.95. The van der Waals surface area contributed by atoms with Gasteiger partial charge >= 0.3 is 0 Å². The molecule has 0 aromatic carbocycles. The van der Waals surface area contributed by atoms with Crippen LogP contribution in [-0.4, -0.2) is 17.3 Å². The lowest BCUT2D eigenvalue weighted by Gasteiger charge is -2.48. The summed E-state index contributed by atoms with van der Waals surface area (Å²) < 4.78 is 11.4. The molecule has 0 radical (unpaired) electrons. The van der Waals surface area contributed by atoms with Crippen molar-refractivity contribution in [3.63, 3.8) is 0 Å². The minimum Gasteiger partial charge on any atom is -0.466 e. The van der Waals surface area contributed by atoms with Crippen LogP contribution in [0.5, 0.6) is 0 Å². The highest BCUT2D eigenvalue weighted by Gasteiger charge is 2.44. The zero-order valence-electron chi connectivity index (χ0n) is 11.2. The van der Waals surface area contributed by atoms with Crippen molar-refractivity contribution in [3.8, 4) is 0 Å². The Morgan fingerprint density at radius 2 is 2.17 bits per heavy atom. The Bertz CT molecular complexity index is 431. The lowest BCUT2D eigenvalue weighted by molar-refractivity contribution is -0.157. The van der Waals surface area contributed by atoms with E-state index in [0.29, 0.717) is 5.92 Å². The van der Waals surface area contributed by atoms with E-state index in [1.54, 1.807) is 0 Å². The van der Waals surface area contributed by atoms with Crippen molar-refractivity contribution in [2.75, 3.05) is 6.61 Å². The summed E-state index contributed by atoms with van der Waals surface area (Å²) in [6, 6.07) is 1.98. The molecule has 0 bridgehead atoms. The number of ether oxygens (including phenoxy) is 1. The molecule has 3 nitrogen and oxygen atoms in total. The van der Waals surface area contributed by atoms with E-state index in [9.17, 15) is 5.11 Å². The van der Waals surface area contributed by atoms with Gasteiger partial charge in [-0.3, -0.25) is 0 Å². The van der Waals surface area contributed by atoms with Crippen LogP contribution >= 0.6 is 0 Å². The molecule has 2 unspecified atom stereocenters. The van der Waals surface area contributed by atoms with Crippen LogP contribution in [0.2, 0.25) is 0 Å². The summed E-state index contributed by atoms with van der Waals surface area (Å²) in [7, 11) is 0. The molecule has 18 heavy (non-hydrogen) atoms. The van der Waals surface area contributed by atoms with E-state index in [2.05, 4.69) is 0 Å². The molecule has 100 valence electrons. The van der Waals surface area contributed by atoms with Gasteiger partial charge in [0.25, 0.3) is 0 Å². The molecule has 3 heteroatoms. The van der Waals surface area contributed by atoms with Gasteiger partial charge in [0.2, 0.25) is 0 Å². The average Bonchev–Trinajstić information content (AvgIpc) is 2.66. The van der Waals surface area contributed by atoms with E-state index in [-0.39, 0.29) is 5.60 Å². The topological polar surface area (TPSA) is 42.6 Å². The van der Waals surface area contributed by atoms with E-state index in [1.807, 2.05) is 19.9 Å². The van der Waals surface area contributed by atoms with Crippen LogP contribution in [-0.2, 0) is 4.74 Å². The fourth-order valence-electron chi connectivity index (χ4n) is 3.45. The molecule has 2 atom stereocenters. The predicted octanol–water partition coefficient (Wildman–Crippen LogP) is 3.28. The van der Waals surface area contributed by atoms with Gasteiger partial charge in [-0.1, -0.05) is 0 Å². The molecule has 1 aromatic rings. The maximum atomic E-state index is 10.6. The van der Waals surface area contributed by atoms with Crippen LogP contribution < -0.4 is 0 Å². The van der Waals surface area contributed by atoms with Crippen LogP contribution in [0.4, 0.5) is 0 Å². The Labute approximate surface area is 108 Å². The number of hydrogen-bond acceptors (Lipinski definition) is 3. The van der Waals surface area contributed by atoms with E-state index in [0.717, 1.165) is 36.5 Å². The van der Waals surface area contributed by atoms with E-state index >= 15 is 0 Å². The summed E-state index contributed by atoms with van der Waals surface area (Å²) >= 11 is 0. The number of aliphatic hydroxyl groups is 1. The van der Waals surface area contributed by atoms with Gasteiger partial charge in [0.15, 0.2) is 0 Å². The molecule has 1 saturated heterocycles. The largest absolute Gasteiger partial charge is 0.466 e. The number of aryl methyl sites for hydroxylation is 2. The molecule has 2 aliphatic rings. The van der Waals surface area contributed by atoms with Crippen LogP contribution in [0.15, 0.2) is 10.5 Å². The fraction of sp³-hybridized carbons (Fsp3) is 0.733. The summed E-state index contributed by atoms with van der Waals surface area (Å²) in [6.45, 7) is 4.65. The second kappa shape index (κ2) is 4.39. The van der Waals surface area contributed by atoms with Crippen LogP contribution in [0.1, 0.15) is 55.3 Å². The average molecular weight is 250 g/mol. The van der Waals surface area contributed by atoms with Crippen molar-refractivity contribution in [2.45, 2.75) is 57.7 Å². The molecule has 3 rings (SSSR count).